The van der Waals surface area contributed by atoms with Crippen molar-refractivity contribution in [1.29, 1.82) is 0 Å². The van der Waals surface area contributed by atoms with Gasteiger partial charge in [0.15, 0.2) is 0 Å². The number of thiophene rings is 1. The van der Waals surface area contributed by atoms with Crippen LogP contribution in [0.25, 0.3) is 9.88 Å². The minimum absolute atomic E-state index is 0.243. The van der Waals surface area contributed by atoms with Crippen LogP contribution in [0.1, 0.15) is 40.1 Å². The van der Waals surface area contributed by atoms with Crippen molar-refractivity contribution >= 4 is 45.9 Å². The van der Waals surface area contributed by atoms with Crippen LogP contribution < -0.4 is 21.3 Å². The summed E-state index contributed by atoms with van der Waals surface area (Å²) in [6.45, 7) is 3.82. The third kappa shape index (κ3) is 4.15. The topological polar surface area (TPSA) is 100 Å². The van der Waals surface area contributed by atoms with Gasteiger partial charge in [0.1, 0.15) is 10.7 Å². The minimum Gasteiger partial charge on any atom is -0.369 e. The van der Waals surface area contributed by atoms with E-state index in [2.05, 4.69) is 20.5 Å². The standard InChI is InChI=1S/C23H25N5O2S2/c24-20(29)15-4-5-16(18(11-15)28-9-2-6-23(14-28)7-8-25-13-23)26-21(30)17-12-32-22(27-17)19-3-1-10-31-19/h1,3-5,10-12,25H,2,6-9,13-14H2,(H2,24,29)(H,26,30). The molecule has 2 aliphatic heterocycles. The Kier molecular flexibility index (Phi) is 5.71. The molecule has 1 aromatic carbocycles. The van der Waals surface area contributed by atoms with E-state index in [9.17, 15) is 9.59 Å². The van der Waals surface area contributed by atoms with E-state index in [1.165, 1.54) is 17.8 Å². The van der Waals surface area contributed by atoms with Crippen LogP contribution >= 0.6 is 22.7 Å². The fourth-order valence-electron chi connectivity index (χ4n) is 4.69. The molecule has 2 aliphatic rings. The molecule has 2 saturated heterocycles. The Bertz CT molecular complexity index is 1140. The second-order valence-corrected chi connectivity index (χ2v) is 10.3. The zero-order valence-electron chi connectivity index (χ0n) is 17.6. The maximum Gasteiger partial charge on any atom is 0.275 e. The van der Waals surface area contributed by atoms with E-state index in [4.69, 9.17) is 5.73 Å². The first-order valence-electron chi connectivity index (χ1n) is 10.7. The first kappa shape index (κ1) is 21.1. The van der Waals surface area contributed by atoms with Crippen molar-refractivity contribution in [1.82, 2.24) is 10.3 Å². The predicted molar refractivity (Wildman–Crippen MR) is 130 cm³/mol. The number of hydrogen-bond acceptors (Lipinski definition) is 7. The Morgan fingerprint density at radius 3 is 2.88 bits per heavy atom. The van der Waals surface area contributed by atoms with Crippen LogP contribution in [-0.2, 0) is 0 Å². The van der Waals surface area contributed by atoms with Crippen LogP contribution in [0.15, 0.2) is 41.1 Å². The lowest BCUT2D eigenvalue weighted by atomic mass is 9.79. The highest BCUT2D eigenvalue weighted by Crippen LogP contribution is 2.39. The smallest absolute Gasteiger partial charge is 0.275 e. The van der Waals surface area contributed by atoms with Crippen molar-refractivity contribution in [2.24, 2.45) is 11.1 Å². The quantitative estimate of drug-likeness (QED) is 0.530. The molecule has 166 valence electrons. The van der Waals surface area contributed by atoms with Gasteiger partial charge in [-0.05, 0) is 55.5 Å². The summed E-state index contributed by atoms with van der Waals surface area (Å²) in [4.78, 5) is 32.7. The molecule has 2 amide bonds. The molecular formula is C23H25N5O2S2. The number of nitrogens with zero attached hydrogens (tertiary/aromatic N) is 2. The van der Waals surface area contributed by atoms with E-state index in [0.29, 0.717) is 16.9 Å². The first-order chi connectivity index (χ1) is 15.5. The Labute approximate surface area is 194 Å². The minimum atomic E-state index is -0.474. The summed E-state index contributed by atoms with van der Waals surface area (Å²) >= 11 is 3.06. The molecule has 7 nitrogen and oxygen atoms in total. The maximum atomic E-state index is 13.0. The van der Waals surface area contributed by atoms with Crippen molar-refractivity contribution in [3.63, 3.8) is 0 Å². The molecule has 2 fully saturated rings. The molecule has 0 saturated carbocycles. The summed E-state index contributed by atoms with van der Waals surface area (Å²) in [6, 6.07) is 9.21. The van der Waals surface area contributed by atoms with Gasteiger partial charge in [0.25, 0.3) is 5.91 Å². The number of amides is 2. The number of piperidine rings is 1. The van der Waals surface area contributed by atoms with Gasteiger partial charge in [0.05, 0.1) is 16.3 Å². The number of aromatic nitrogens is 1. The number of hydrogen-bond donors (Lipinski definition) is 3. The second kappa shape index (κ2) is 8.65. The van der Waals surface area contributed by atoms with Crippen molar-refractivity contribution in [3.8, 4) is 9.88 Å². The number of thiazole rings is 1. The van der Waals surface area contributed by atoms with Crippen molar-refractivity contribution in [2.45, 2.75) is 19.3 Å². The van der Waals surface area contributed by atoms with Crippen LogP contribution in [-0.4, -0.2) is 43.0 Å². The van der Waals surface area contributed by atoms with Gasteiger partial charge in [-0.25, -0.2) is 4.98 Å². The fourth-order valence-corrected chi connectivity index (χ4v) is 6.30. The van der Waals surface area contributed by atoms with Gasteiger partial charge in [-0.2, -0.15) is 0 Å². The summed E-state index contributed by atoms with van der Waals surface area (Å²) in [6.07, 6.45) is 3.41. The monoisotopic (exact) mass is 467 g/mol. The number of carbonyl (C=O) groups is 2. The third-order valence-corrected chi connectivity index (χ3v) is 8.21. The van der Waals surface area contributed by atoms with Crippen LogP contribution in [0.5, 0.6) is 0 Å². The zero-order valence-corrected chi connectivity index (χ0v) is 19.2. The lowest BCUT2D eigenvalue weighted by molar-refractivity contribution is 0.0998. The zero-order chi connectivity index (χ0) is 22.1. The van der Waals surface area contributed by atoms with E-state index in [0.717, 1.165) is 54.6 Å². The predicted octanol–water partition coefficient (Wildman–Crippen LogP) is 3.80. The van der Waals surface area contributed by atoms with Crippen molar-refractivity contribution < 1.29 is 9.59 Å². The highest BCUT2D eigenvalue weighted by Gasteiger charge is 2.38. The maximum absolute atomic E-state index is 13.0. The lowest BCUT2D eigenvalue weighted by Crippen LogP contribution is -2.45. The fraction of sp³-hybridized carbons (Fsp3) is 0.348. The number of primary amides is 1. The van der Waals surface area contributed by atoms with Crippen LogP contribution in [0.3, 0.4) is 0 Å². The second-order valence-electron chi connectivity index (χ2n) is 8.52. The van der Waals surface area contributed by atoms with Gasteiger partial charge in [-0.15, -0.1) is 22.7 Å². The van der Waals surface area contributed by atoms with Gasteiger partial charge in [0.2, 0.25) is 5.91 Å². The molecule has 0 aliphatic carbocycles. The summed E-state index contributed by atoms with van der Waals surface area (Å²) in [5.41, 5.74) is 8.14. The molecule has 0 bridgehead atoms. The molecule has 2 aromatic heterocycles. The molecular weight excluding hydrogens is 442 g/mol. The SMILES string of the molecule is NC(=O)c1ccc(NC(=O)c2csc(-c3cccs3)n2)c(N2CCCC3(CCNC3)C2)c1. The highest BCUT2D eigenvalue weighted by molar-refractivity contribution is 7.20. The van der Waals surface area contributed by atoms with E-state index >= 15 is 0 Å². The molecule has 0 radical (unpaired) electrons. The average Bonchev–Trinajstić information content (AvgIpc) is 3.56. The molecule has 4 heterocycles. The number of carbonyl (C=O) groups excluding carboxylic acids is 2. The Morgan fingerprint density at radius 2 is 2.12 bits per heavy atom. The molecule has 32 heavy (non-hydrogen) atoms. The molecule has 1 unspecified atom stereocenters. The number of nitrogens with one attached hydrogen (secondary N) is 2. The normalized spacial score (nSPS) is 20.6. The summed E-state index contributed by atoms with van der Waals surface area (Å²) in [5, 5.41) is 11.1. The molecule has 1 spiro atoms. The summed E-state index contributed by atoms with van der Waals surface area (Å²) in [7, 11) is 0. The average molecular weight is 468 g/mol. The van der Waals surface area contributed by atoms with Gasteiger partial charge in [-0.3, -0.25) is 9.59 Å². The lowest BCUT2D eigenvalue weighted by Gasteiger charge is -2.42. The molecule has 5 rings (SSSR count). The summed E-state index contributed by atoms with van der Waals surface area (Å²) in [5.74, 6) is -0.732. The van der Waals surface area contributed by atoms with E-state index < -0.39 is 5.91 Å². The van der Waals surface area contributed by atoms with Gasteiger partial charge >= 0.3 is 0 Å². The molecule has 4 N–H and O–H groups in total. The Hall–Kier alpha value is -2.75. The molecule has 9 heteroatoms. The Balaban J connectivity index is 1.42. The highest BCUT2D eigenvalue weighted by atomic mass is 32.1. The van der Waals surface area contributed by atoms with Gasteiger partial charge < -0.3 is 21.3 Å². The number of benzene rings is 1. The van der Waals surface area contributed by atoms with Crippen molar-refractivity contribution in [3.05, 3.63) is 52.3 Å². The van der Waals surface area contributed by atoms with E-state index in [1.54, 1.807) is 34.9 Å². The Morgan fingerprint density at radius 1 is 1.22 bits per heavy atom. The molecule has 1 atom stereocenters. The number of nitrogens with two attached hydrogens (primary N) is 1. The van der Waals surface area contributed by atoms with E-state index in [-0.39, 0.29) is 11.3 Å². The van der Waals surface area contributed by atoms with Crippen LogP contribution in [0.4, 0.5) is 11.4 Å². The number of rotatable bonds is 5. The molecule has 3 aromatic rings. The van der Waals surface area contributed by atoms with Gasteiger partial charge in [-0.1, -0.05) is 6.07 Å². The third-order valence-electron chi connectivity index (χ3n) is 6.33. The summed E-state index contributed by atoms with van der Waals surface area (Å²) < 4.78 is 0. The number of anilines is 2. The first-order valence-corrected chi connectivity index (χ1v) is 12.5. The van der Waals surface area contributed by atoms with Crippen LogP contribution in [0, 0.1) is 5.41 Å². The van der Waals surface area contributed by atoms with Crippen molar-refractivity contribution in [2.75, 3.05) is 36.4 Å². The van der Waals surface area contributed by atoms with Crippen LogP contribution in [0.2, 0.25) is 0 Å². The largest absolute Gasteiger partial charge is 0.369 e. The van der Waals surface area contributed by atoms with E-state index in [1.807, 2.05) is 17.5 Å². The van der Waals surface area contributed by atoms with Gasteiger partial charge in [0, 0.05) is 36.0 Å².